The van der Waals surface area contributed by atoms with E-state index in [4.69, 9.17) is 14.2 Å². The van der Waals surface area contributed by atoms with Crippen molar-refractivity contribution >= 4 is 17.3 Å². The number of nitrogens with one attached hydrogen (secondary N) is 2. The topological polar surface area (TPSA) is 119 Å². The summed E-state index contributed by atoms with van der Waals surface area (Å²) in [6.07, 6.45) is 0. The van der Waals surface area contributed by atoms with Gasteiger partial charge in [-0.25, -0.2) is 0 Å². The fourth-order valence-electron chi connectivity index (χ4n) is 5.41. The van der Waals surface area contributed by atoms with Gasteiger partial charge in [-0.05, 0) is 19.1 Å². The summed E-state index contributed by atoms with van der Waals surface area (Å²) in [6.45, 7) is 2.08. The lowest BCUT2D eigenvalue weighted by molar-refractivity contribution is -0.137. The summed E-state index contributed by atoms with van der Waals surface area (Å²) in [6, 6.07) is 5.43. The molecule has 2 saturated heterocycles. The number of hydrogen-bond donors (Lipinski definition) is 3. The SMILES string of the molecule is COC12C(CO)C3=C(C(=O)C(C)=C(Nc4ccc5c(c4)OCO5)C3=O)N1CC1NC12. The largest absolute Gasteiger partial charge is 0.454 e. The van der Waals surface area contributed by atoms with Gasteiger partial charge in [-0.15, -0.1) is 0 Å². The fraction of sp³-hybridized carbons (Fsp3) is 0.429. The van der Waals surface area contributed by atoms with Crippen molar-refractivity contribution in [2.45, 2.75) is 24.7 Å². The van der Waals surface area contributed by atoms with E-state index in [-0.39, 0.29) is 42.7 Å². The molecule has 0 aromatic heterocycles. The molecule has 0 radical (unpaired) electrons. The number of nitrogens with zero attached hydrogens (tertiary/aromatic N) is 1. The van der Waals surface area contributed by atoms with Crippen LogP contribution in [-0.4, -0.2) is 66.4 Å². The Kier molecular flexibility index (Phi) is 3.49. The molecular formula is C21H21N3O6. The molecular weight excluding hydrogens is 390 g/mol. The summed E-state index contributed by atoms with van der Waals surface area (Å²) in [4.78, 5) is 28.8. The number of hydrogen-bond acceptors (Lipinski definition) is 9. The predicted octanol–water partition coefficient (Wildman–Crippen LogP) is 0.128. The Labute approximate surface area is 172 Å². The van der Waals surface area contributed by atoms with Crippen molar-refractivity contribution in [1.82, 2.24) is 10.2 Å². The molecule has 0 bridgehead atoms. The zero-order valence-corrected chi connectivity index (χ0v) is 16.5. The molecule has 0 spiro atoms. The summed E-state index contributed by atoms with van der Waals surface area (Å²) < 4.78 is 16.6. The number of carbonyl (C=O) groups excluding carboxylic acids is 2. The maximum atomic E-state index is 13.6. The second kappa shape index (κ2) is 5.84. The fourth-order valence-corrected chi connectivity index (χ4v) is 5.41. The molecule has 6 rings (SSSR count). The number of carbonyl (C=O) groups is 2. The standard InChI is InChI=1S/C21H21N3O6/c1-9-16(22-10-3-4-13-14(5-10)30-8-29-13)19(27)15-11(7-25)21(28-2)20-12(23-20)6-24(21)17(15)18(9)26/h3-5,11-12,20,22-23,25H,6-8H2,1-2H3. The lowest BCUT2D eigenvalue weighted by Gasteiger charge is -2.39. The van der Waals surface area contributed by atoms with Gasteiger partial charge in [0, 0.05) is 42.6 Å². The maximum absolute atomic E-state index is 13.6. The van der Waals surface area contributed by atoms with E-state index in [2.05, 4.69) is 10.6 Å². The number of piperazine rings is 1. The normalized spacial score (nSPS) is 33.2. The Bertz CT molecular complexity index is 1080. The summed E-state index contributed by atoms with van der Waals surface area (Å²) >= 11 is 0. The first-order chi connectivity index (χ1) is 14.5. The second-order valence-corrected chi connectivity index (χ2v) is 8.17. The van der Waals surface area contributed by atoms with Gasteiger partial charge in [-0.2, -0.15) is 0 Å². The molecule has 2 fully saturated rings. The van der Waals surface area contributed by atoms with Gasteiger partial charge in [0.05, 0.1) is 30.0 Å². The van der Waals surface area contributed by atoms with Crippen LogP contribution < -0.4 is 20.1 Å². The average molecular weight is 411 g/mol. The number of ketones is 2. The number of Topliss-reactive ketones (excluding diaryl/α,β-unsaturated/α-hetero) is 2. The molecule has 30 heavy (non-hydrogen) atoms. The van der Waals surface area contributed by atoms with Crippen LogP contribution in [0.3, 0.4) is 0 Å². The second-order valence-electron chi connectivity index (χ2n) is 8.17. The van der Waals surface area contributed by atoms with Crippen LogP contribution in [0.2, 0.25) is 0 Å². The molecule has 1 aliphatic carbocycles. The summed E-state index contributed by atoms with van der Waals surface area (Å²) in [5.41, 5.74) is 0.943. The molecule has 4 atom stereocenters. The summed E-state index contributed by atoms with van der Waals surface area (Å²) in [5.74, 6) is 0.0909. The van der Waals surface area contributed by atoms with E-state index in [1.807, 2.05) is 4.90 Å². The van der Waals surface area contributed by atoms with Gasteiger partial charge in [-0.3, -0.25) is 9.59 Å². The van der Waals surface area contributed by atoms with Crippen molar-refractivity contribution in [3.05, 3.63) is 40.7 Å². The van der Waals surface area contributed by atoms with Crippen LogP contribution in [-0.2, 0) is 14.3 Å². The van der Waals surface area contributed by atoms with Crippen LogP contribution in [0.15, 0.2) is 40.7 Å². The Morgan fingerprint density at radius 2 is 2.10 bits per heavy atom. The predicted molar refractivity (Wildman–Crippen MR) is 104 cm³/mol. The zero-order chi connectivity index (χ0) is 20.8. The molecule has 4 unspecified atom stereocenters. The highest BCUT2D eigenvalue weighted by molar-refractivity contribution is 6.26. The lowest BCUT2D eigenvalue weighted by Crippen LogP contribution is -2.54. The third kappa shape index (κ3) is 2.02. The molecule has 0 amide bonds. The van der Waals surface area contributed by atoms with Crippen LogP contribution in [0.5, 0.6) is 11.5 Å². The van der Waals surface area contributed by atoms with Crippen molar-refractivity contribution in [3.8, 4) is 11.5 Å². The minimum atomic E-state index is -0.913. The molecule has 4 heterocycles. The Morgan fingerprint density at radius 1 is 1.30 bits per heavy atom. The Hall–Kier alpha value is -2.88. The van der Waals surface area contributed by atoms with Gasteiger partial charge in [0.1, 0.15) is 0 Å². The van der Waals surface area contributed by atoms with Crippen LogP contribution in [0.4, 0.5) is 5.69 Å². The van der Waals surface area contributed by atoms with E-state index in [0.717, 1.165) is 0 Å². The Morgan fingerprint density at radius 3 is 2.87 bits per heavy atom. The monoisotopic (exact) mass is 411 g/mol. The number of rotatable bonds is 4. The first-order valence-corrected chi connectivity index (χ1v) is 9.92. The number of aliphatic hydroxyl groups excluding tert-OH is 1. The number of ether oxygens (including phenoxy) is 3. The highest BCUT2D eigenvalue weighted by atomic mass is 16.7. The van der Waals surface area contributed by atoms with Crippen molar-refractivity contribution in [2.75, 3.05) is 32.4 Å². The van der Waals surface area contributed by atoms with E-state index < -0.39 is 11.6 Å². The van der Waals surface area contributed by atoms with E-state index in [9.17, 15) is 14.7 Å². The van der Waals surface area contributed by atoms with Crippen LogP contribution >= 0.6 is 0 Å². The first-order valence-electron chi connectivity index (χ1n) is 9.92. The Balaban J connectivity index is 1.40. The first kappa shape index (κ1) is 17.9. The number of aliphatic hydroxyl groups is 1. The molecule has 1 aromatic carbocycles. The maximum Gasteiger partial charge on any atom is 0.231 e. The van der Waals surface area contributed by atoms with E-state index >= 15 is 0 Å². The van der Waals surface area contributed by atoms with Gasteiger partial charge >= 0.3 is 0 Å². The minimum Gasteiger partial charge on any atom is -0.454 e. The molecule has 9 heteroatoms. The molecule has 9 nitrogen and oxygen atoms in total. The summed E-state index contributed by atoms with van der Waals surface area (Å²) in [5, 5.41) is 16.7. The smallest absolute Gasteiger partial charge is 0.231 e. The van der Waals surface area contributed by atoms with E-state index in [1.165, 1.54) is 0 Å². The molecule has 3 N–H and O–H groups in total. The molecule has 5 aliphatic rings. The molecule has 4 aliphatic heterocycles. The van der Waals surface area contributed by atoms with Crippen molar-refractivity contribution < 1.29 is 28.9 Å². The number of allylic oxidation sites excluding steroid dienone is 2. The quantitative estimate of drug-likeness (QED) is 0.469. The van der Waals surface area contributed by atoms with Gasteiger partial charge < -0.3 is 34.9 Å². The van der Waals surface area contributed by atoms with Crippen LogP contribution in [0, 0.1) is 5.92 Å². The molecule has 156 valence electrons. The third-order valence-electron chi connectivity index (χ3n) is 6.86. The zero-order valence-electron chi connectivity index (χ0n) is 16.5. The van der Waals surface area contributed by atoms with Gasteiger partial charge in [0.25, 0.3) is 0 Å². The van der Waals surface area contributed by atoms with Gasteiger partial charge in [0.15, 0.2) is 17.2 Å². The van der Waals surface area contributed by atoms with Crippen LogP contribution in [0.1, 0.15) is 6.92 Å². The van der Waals surface area contributed by atoms with E-state index in [1.54, 1.807) is 32.2 Å². The van der Waals surface area contributed by atoms with E-state index in [0.29, 0.717) is 40.6 Å². The number of anilines is 1. The van der Waals surface area contributed by atoms with Crippen molar-refractivity contribution in [2.24, 2.45) is 5.92 Å². The minimum absolute atomic E-state index is 0.0172. The number of methoxy groups -OCH3 is 1. The number of fused-ring (bicyclic) bond motifs is 5. The summed E-state index contributed by atoms with van der Waals surface area (Å²) in [7, 11) is 1.57. The van der Waals surface area contributed by atoms with Gasteiger partial charge in [-0.1, -0.05) is 0 Å². The highest BCUT2D eigenvalue weighted by Crippen LogP contribution is 2.55. The third-order valence-corrected chi connectivity index (χ3v) is 6.86. The van der Waals surface area contributed by atoms with Crippen LogP contribution in [0.25, 0.3) is 0 Å². The van der Waals surface area contributed by atoms with Gasteiger partial charge in [0.2, 0.25) is 18.4 Å². The van der Waals surface area contributed by atoms with Crippen molar-refractivity contribution in [1.29, 1.82) is 0 Å². The average Bonchev–Trinajstić information content (AvgIpc) is 3.12. The number of benzene rings is 1. The molecule has 0 saturated carbocycles. The van der Waals surface area contributed by atoms with Crippen molar-refractivity contribution in [3.63, 3.8) is 0 Å². The lowest BCUT2D eigenvalue weighted by atomic mass is 9.82. The molecule has 1 aromatic rings. The highest BCUT2D eigenvalue weighted by Gasteiger charge is 2.72.